The van der Waals surface area contributed by atoms with Crippen LogP contribution in [0.1, 0.15) is 53.4 Å². The van der Waals surface area contributed by atoms with Crippen LogP contribution in [-0.2, 0) is 14.4 Å². The van der Waals surface area contributed by atoms with Gasteiger partial charge in [-0.1, -0.05) is 6.42 Å². The highest BCUT2D eigenvalue weighted by molar-refractivity contribution is 6.07. The Kier molecular flexibility index (Phi) is 9.32. The van der Waals surface area contributed by atoms with E-state index in [1.54, 1.807) is 41.8 Å². The molecule has 0 aliphatic heterocycles. The van der Waals surface area contributed by atoms with Gasteiger partial charge >= 0.3 is 0 Å². The molecule has 0 bridgehead atoms. The zero-order valence-electron chi connectivity index (χ0n) is 15.9. The minimum atomic E-state index is -1.10. The summed E-state index contributed by atoms with van der Waals surface area (Å²) in [6, 6.07) is -0.381. The molecule has 0 fully saturated rings. The van der Waals surface area contributed by atoms with Crippen LogP contribution in [0.25, 0.3) is 0 Å². The molecule has 7 heteroatoms. The fraction of sp³-hybridized carbons (Fsp3) is 0.824. The van der Waals surface area contributed by atoms with E-state index in [1.165, 1.54) is 0 Å². The predicted molar refractivity (Wildman–Crippen MR) is 95.7 cm³/mol. The Morgan fingerprint density at radius 2 is 1.50 bits per heavy atom. The lowest BCUT2D eigenvalue weighted by Gasteiger charge is -2.29. The van der Waals surface area contributed by atoms with Crippen LogP contribution in [0.3, 0.4) is 0 Å². The van der Waals surface area contributed by atoms with Crippen LogP contribution < -0.4 is 21.7 Å². The Morgan fingerprint density at radius 1 is 0.958 bits per heavy atom. The van der Waals surface area contributed by atoms with Gasteiger partial charge in [-0.3, -0.25) is 14.4 Å². The summed E-state index contributed by atoms with van der Waals surface area (Å²) in [5.74, 6) is -0.750. The number of amides is 1. The highest BCUT2D eigenvalue weighted by Gasteiger charge is 2.35. The first-order chi connectivity index (χ1) is 11.0. The van der Waals surface area contributed by atoms with Gasteiger partial charge in [-0.2, -0.15) is 0 Å². The molecule has 24 heavy (non-hydrogen) atoms. The van der Waals surface area contributed by atoms with Gasteiger partial charge in [0, 0.05) is 0 Å². The van der Waals surface area contributed by atoms with E-state index in [-0.39, 0.29) is 29.9 Å². The minimum Gasteiger partial charge on any atom is -0.343 e. The summed E-state index contributed by atoms with van der Waals surface area (Å²) in [6.45, 7) is 7.29. The number of hydrogen-bond donors (Lipinski definition) is 4. The summed E-state index contributed by atoms with van der Waals surface area (Å²) < 4.78 is 0. The summed E-state index contributed by atoms with van der Waals surface area (Å²) in [5, 5.41) is 8.59. The third-order valence-corrected chi connectivity index (χ3v) is 4.39. The van der Waals surface area contributed by atoms with Crippen molar-refractivity contribution in [1.82, 2.24) is 16.0 Å². The highest BCUT2D eigenvalue weighted by atomic mass is 16.2. The zero-order valence-corrected chi connectivity index (χ0v) is 15.9. The van der Waals surface area contributed by atoms with Crippen molar-refractivity contribution in [3.8, 4) is 0 Å². The summed E-state index contributed by atoms with van der Waals surface area (Å²) in [7, 11) is 3.38. The van der Waals surface area contributed by atoms with Gasteiger partial charge in [-0.25, -0.2) is 0 Å². The molecule has 140 valence electrons. The number of unbranched alkanes of at least 4 members (excludes halogenated alkanes) is 1. The van der Waals surface area contributed by atoms with Gasteiger partial charge in [0.1, 0.15) is 0 Å². The summed E-state index contributed by atoms with van der Waals surface area (Å²) in [5.41, 5.74) is 3.59. The molecule has 0 saturated heterocycles. The molecule has 0 aromatic carbocycles. The standard InChI is InChI=1S/C17H34N4O3/c1-16(2,20-6)13(22)11-14(23)17(3,4)21-15(24)12(19-5)9-7-8-10-18/h12,19-20H,7-11,18H2,1-6H3,(H,21,24)/t12-/m0/s1. The van der Waals surface area contributed by atoms with Crippen LogP contribution in [0.4, 0.5) is 0 Å². The number of carbonyl (C=O) groups excluding carboxylic acids is 3. The number of rotatable bonds is 12. The Balaban J connectivity index is 4.77. The van der Waals surface area contributed by atoms with E-state index in [0.29, 0.717) is 13.0 Å². The van der Waals surface area contributed by atoms with Crippen molar-refractivity contribution in [3.05, 3.63) is 0 Å². The van der Waals surface area contributed by atoms with Gasteiger partial charge in [-0.15, -0.1) is 0 Å². The second-order valence-electron chi connectivity index (χ2n) is 7.14. The van der Waals surface area contributed by atoms with E-state index >= 15 is 0 Å². The molecule has 0 aliphatic carbocycles. The van der Waals surface area contributed by atoms with Crippen molar-refractivity contribution in [2.45, 2.75) is 70.5 Å². The van der Waals surface area contributed by atoms with Crippen LogP contribution in [0.2, 0.25) is 0 Å². The fourth-order valence-corrected chi connectivity index (χ4v) is 2.09. The first kappa shape index (κ1) is 22.7. The quantitative estimate of drug-likeness (QED) is 0.296. The molecule has 0 aromatic heterocycles. The van der Waals surface area contributed by atoms with Crippen molar-refractivity contribution >= 4 is 17.5 Å². The van der Waals surface area contributed by atoms with Crippen LogP contribution in [-0.4, -0.2) is 55.2 Å². The summed E-state index contributed by atoms with van der Waals surface area (Å²) in [6.07, 6.45) is 2.11. The normalized spacial score (nSPS) is 13.5. The fourth-order valence-electron chi connectivity index (χ4n) is 2.09. The number of Topliss-reactive ketones (excluding diaryl/α,β-unsaturated/α-hetero) is 2. The van der Waals surface area contributed by atoms with Gasteiger partial charge in [-0.05, 0) is 61.2 Å². The molecule has 0 rings (SSSR count). The topological polar surface area (TPSA) is 113 Å². The maximum absolute atomic E-state index is 12.4. The van der Waals surface area contributed by atoms with Crippen molar-refractivity contribution in [2.24, 2.45) is 5.73 Å². The average molecular weight is 342 g/mol. The van der Waals surface area contributed by atoms with Crippen LogP contribution >= 0.6 is 0 Å². The lowest BCUT2D eigenvalue weighted by molar-refractivity contribution is -0.136. The summed E-state index contributed by atoms with van der Waals surface area (Å²) in [4.78, 5) is 37.0. The Hall–Kier alpha value is -1.31. The van der Waals surface area contributed by atoms with Gasteiger partial charge < -0.3 is 21.7 Å². The van der Waals surface area contributed by atoms with Crippen molar-refractivity contribution in [2.75, 3.05) is 20.6 Å². The third kappa shape index (κ3) is 7.07. The minimum absolute atomic E-state index is 0.203. The number of hydrogen-bond acceptors (Lipinski definition) is 6. The van der Waals surface area contributed by atoms with E-state index < -0.39 is 11.1 Å². The lowest BCUT2D eigenvalue weighted by Crippen LogP contribution is -2.56. The van der Waals surface area contributed by atoms with Crippen LogP contribution in [0, 0.1) is 0 Å². The van der Waals surface area contributed by atoms with Gasteiger partial charge in [0.2, 0.25) is 5.91 Å². The van der Waals surface area contributed by atoms with E-state index in [4.69, 9.17) is 5.73 Å². The van der Waals surface area contributed by atoms with E-state index in [2.05, 4.69) is 16.0 Å². The smallest absolute Gasteiger partial charge is 0.237 e. The van der Waals surface area contributed by atoms with E-state index in [1.807, 2.05) is 0 Å². The molecule has 0 spiro atoms. The maximum Gasteiger partial charge on any atom is 0.237 e. The number of ketones is 2. The van der Waals surface area contributed by atoms with Crippen molar-refractivity contribution in [1.29, 1.82) is 0 Å². The predicted octanol–water partition coefficient (Wildman–Crippen LogP) is 0.125. The Bertz CT molecular complexity index is 447. The molecule has 1 atom stereocenters. The van der Waals surface area contributed by atoms with Gasteiger partial charge in [0.15, 0.2) is 11.6 Å². The van der Waals surface area contributed by atoms with Gasteiger partial charge in [0.05, 0.1) is 23.5 Å². The molecule has 1 amide bonds. The largest absolute Gasteiger partial charge is 0.343 e. The molecular formula is C17H34N4O3. The molecule has 0 aliphatic rings. The molecule has 0 aromatic rings. The second kappa shape index (κ2) is 9.86. The number of likely N-dealkylation sites (N-methyl/N-ethyl adjacent to an activating group) is 2. The lowest BCUT2D eigenvalue weighted by atomic mass is 9.88. The Morgan fingerprint density at radius 3 is 1.96 bits per heavy atom. The molecule has 0 heterocycles. The van der Waals surface area contributed by atoms with Crippen LogP contribution in [0.5, 0.6) is 0 Å². The zero-order chi connectivity index (χ0) is 19.0. The number of carbonyl (C=O) groups is 3. The number of nitrogens with two attached hydrogens (primary N) is 1. The summed E-state index contributed by atoms with van der Waals surface area (Å²) >= 11 is 0. The van der Waals surface area contributed by atoms with Gasteiger partial charge in [0.25, 0.3) is 0 Å². The van der Waals surface area contributed by atoms with E-state index in [9.17, 15) is 14.4 Å². The van der Waals surface area contributed by atoms with Crippen molar-refractivity contribution in [3.63, 3.8) is 0 Å². The Labute approximate surface area is 145 Å². The van der Waals surface area contributed by atoms with Crippen LogP contribution in [0.15, 0.2) is 0 Å². The third-order valence-electron chi connectivity index (χ3n) is 4.39. The molecular weight excluding hydrogens is 308 g/mol. The monoisotopic (exact) mass is 342 g/mol. The maximum atomic E-state index is 12.4. The number of nitrogens with one attached hydrogen (secondary N) is 3. The molecule has 0 unspecified atom stereocenters. The molecule has 0 radical (unpaired) electrons. The first-order valence-electron chi connectivity index (χ1n) is 8.46. The molecule has 7 nitrogen and oxygen atoms in total. The van der Waals surface area contributed by atoms with E-state index in [0.717, 1.165) is 12.8 Å². The molecule has 5 N–H and O–H groups in total. The highest BCUT2D eigenvalue weighted by Crippen LogP contribution is 2.13. The van der Waals surface area contributed by atoms with Crippen molar-refractivity contribution < 1.29 is 14.4 Å². The molecule has 0 saturated carbocycles. The SMILES string of the molecule is CN[C@@H](CCCCN)C(=O)NC(C)(C)C(=O)CC(=O)C(C)(C)NC. The second-order valence-corrected chi connectivity index (χ2v) is 7.14. The average Bonchev–Trinajstić information content (AvgIpc) is 2.50. The first-order valence-corrected chi connectivity index (χ1v) is 8.46.